The number of aliphatic hydroxyl groups is 1. The third-order valence-electron chi connectivity index (χ3n) is 7.86. The van der Waals surface area contributed by atoms with Crippen LogP contribution in [0.1, 0.15) is 37.2 Å². The lowest BCUT2D eigenvalue weighted by Gasteiger charge is -2.30. The van der Waals surface area contributed by atoms with E-state index >= 15 is 0 Å². The lowest BCUT2D eigenvalue weighted by Crippen LogP contribution is -2.38. The Hall–Kier alpha value is -3.85. The molecule has 0 spiro atoms. The van der Waals surface area contributed by atoms with Gasteiger partial charge in [-0.2, -0.15) is 4.31 Å². The molecule has 2 aromatic rings. The van der Waals surface area contributed by atoms with Crippen LogP contribution in [0.5, 0.6) is 17.2 Å². The first kappa shape index (κ1) is 32.5. The number of fused-ring (bicyclic) bond motifs is 1. The van der Waals surface area contributed by atoms with Crippen LogP contribution in [0.3, 0.4) is 0 Å². The number of hydrogen-bond acceptors (Lipinski definition) is 10. The van der Waals surface area contributed by atoms with E-state index in [4.69, 9.17) is 23.7 Å². The fraction of sp³-hybridized carbons (Fsp3) is 0.484. The Labute approximate surface area is 262 Å². The lowest BCUT2D eigenvalue weighted by atomic mass is 9.92. The van der Waals surface area contributed by atoms with Gasteiger partial charge >= 0.3 is 0 Å². The predicted molar refractivity (Wildman–Crippen MR) is 161 cm³/mol. The first-order valence-electron chi connectivity index (χ1n) is 15.0. The topological polar surface area (TPSA) is 153 Å². The van der Waals surface area contributed by atoms with E-state index in [1.54, 1.807) is 23.1 Å². The molecule has 2 amide bonds. The molecule has 0 bridgehead atoms. The number of sulfonamides is 1. The molecule has 0 radical (unpaired) electrons. The molecular formula is C31H39N3O10S. The summed E-state index contributed by atoms with van der Waals surface area (Å²) in [4.78, 5) is 26.9. The van der Waals surface area contributed by atoms with Crippen molar-refractivity contribution in [1.29, 1.82) is 0 Å². The van der Waals surface area contributed by atoms with Crippen molar-refractivity contribution in [2.45, 2.75) is 42.8 Å². The summed E-state index contributed by atoms with van der Waals surface area (Å²) in [5, 5.41) is 12.4. The van der Waals surface area contributed by atoms with Crippen LogP contribution in [0.25, 0.3) is 0 Å². The molecule has 1 fully saturated rings. The van der Waals surface area contributed by atoms with Gasteiger partial charge in [0.15, 0.2) is 17.3 Å². The molecule has 0 saturated carbocycles. The van der Waals surface area contributed by atoms with E-state index in [1.165, 1.54) is 19.2 Å². The number of carbonyl (C=O) groups is 2. The normalized spacial score (nSPS) is 19.4. The number of allylic oxidation sites excluding steroid dienone is 1. The zero-order chi connectivity index (χ0) is 31.8. The van der Waals surface area contributed by atoms with Gasteiger partial charge in [0.05, 0.1) is 25.2 Å². The molecule has 3 aliphatic rings. The third kappa shape index (κ3) is 8.06. The van der Waals surface area contributed by atoms with Gasteiger partial charge in [-0.25, -0.2) is 8.42 Å². The Morgan fingerprint density at radius 1 is 1.13 bits per heavy atom. The van der Waals surface area contributed by atoms with Gasteiger partial charge in [0.1, 0.15) is 5.75 Å². The van der Waals surface area contributed by atoms with Crippen molar-refractivity contribution >= 4 is 21.8 Å². The second-order valence-corrected chi connectivity index (χ2v) is 12.7. The summed E-state index contributed by atoms with van der Waals surface area (Å²) in [6.07, 6.45) is 3.29. The van der Waals surface area contributed by atoms with Gasteiger partial charge in [-0.1, -0.05) is 6.07 Å². The Morgan fingerprint density at radius 3 is 2.67 bits per heavy atom. The zero-order valence-corrected chi connectivity index (χ0v) is 26.0. The van der Waals surface area contributed by atoms with Crippen LogP contribution < -0.4 is 19.5 Å². The highest BCUT2D eigenvalue weighted by molar-refractivity contribution is 7.89. The van der Waals surface area contributed by atoms with Gasteiger partial charge < -0.3 is 39.0 Å². The number of aliphatic hydroxyl groups excluding tert-OH is 1. The standard InChI is InChI=1S/C31H39N3O10S/c1-40-24-6-8-25(9-7-24)45(38,39)34(14-16-35)15-17-41-30-20-23(22-5-10-26-27(18-22)43-21-42-26)19-28(44-30)31(37)32-11-3-13-33-12-2-4-29(33)36/h5-10,18-19,23,30,35H,2-4,11-17,20-21H2,1H3,(H,32,37)/t23-,30+/m1/s1. The molecule has 14 heteroatoms. The van der Waals surface area contributed by atoms with Crippen LogP contribution in [0.2, 0.25) is 0 Å². The summed E-state index contributed by atoms with van der Waals surface area (Å²) in [5.41, 5.74) is 0.873. The molecule has 2 aromatic carbocycles. The molecule has 45 heavy (non-hydrogen) atoms. The van der Waals surface area contributed by atoms with E-state index in [2.05, 4.69) is 5.32 Å². The number of likely N-dealkylation sites (tertiary alicyclic amines) is 1. The fourth-order valence-corrected chi connectivity index (χ4v) is 6.86. The monoisotopic (exact) mass is 645 g/mol. The summed E-state index contributed by atoms with van der Waals surface area (Å²) < 4.78 is 55.8. The van der Waals surface area contributed by atoms with Crippen molar-refractivity contribution in [3.8, 4) is 17.2 Å². The maximum Gasteiger partial charge on any atom is 0.286 e. The summed E-state index contributed by atoms with van der Waals surface area (Å²) in [7, 11) is -2.43. The Morgan fingerprint density at radius 2 is 1.93 bits per heavy atom. The largest absolute Gasteiger partial charge is 0.497 e. The minimum absolute atomic E-state index is 0.0489. The summed E-state index contributed by atoms with van der Waals surface area (Å²) in [6, 6.07) is 11.6. The lowest BCUT2D eigenvalue weighted by molar-refractivity contribution is -0.146. The number of hydrogen-bond donors (Lipinski definition) is 2. The molecule has 0 aliphatic carbocycles. The van der Waals surface area contributed by atoms with Crippen LogP contribution in [0.4, 0.5) is 0 Å². The molecule has 2 N–H and O–H groups in total. The molecule has 13 nitrogen and oxygen atoms in total. The quantitative estimate of drug-likeness (QED) is 0.275. The minimum Gasteiger partial charge on any atom is -0.497 e. The van der Waals surface area contributed by atoms with Gasteiger partial charge in [-0.05, 0) is 60.9 Å². The average Bonchev–Trinajstić information content (AvgIpc) is 3.70. The smallest absolute Gasteiger partial charge is 0.286 e. The number of nitrogens with zero attached hydrogens (tertiary/aromatic N) is 2. The van der Waals surface area contributed by atoms with E-state index in [0.717, 1.165) is 22.8 Å². The van der Waals surface area contributed by atoms with Gasteiger partial charge in [-0.15, -0.1) is 0 Å². The molecule has 5 rings (SSSR count). The van der Waals surface area contributed by atoms with Crippen molar-refractivity contribution in [1.82, 2.24) is 14.5 Å². The van der Waals surface area contributed by atoms with Crippen LogP contribution in [0, 0.1) is 0 Å². The van der Waals surface area contributed by atoms with E-state index in [9.17, 15) is 23.1 Å². The number of nitrogens with one attached hydrogen (secondary N) is 1. The summed E-state index contributed by atoms with van der Waals surface area (Å²) in [6.45, 7) is 1.22. The number of rotatable bonds is 15. The first-order chi connectivity index (χ1) is 21.8. The maximum atomic E-state index is 13.3. The fourth-order valence-electron chi connectivity index (χ4n) is 5.44. The highest BCUT2D eigenvalue weighted by atomic mass is 32.2. The van der Waals surface area contributed by atoms with Crippen LogP contribution >= 0.6 is 0 Å². The zero-order valence-electron chi connectivity index (χ0n) is 25.2. The van der Waals surface area contributed by atoms with E-state index < -0.39 is 22.2 Å². The molecule has 0 aromatic heterocycles. The first-order valence-corrected chi connectivity index (χ1v) is 16.4. The van der Waals surface area contributed by atoms with Crippen LogP contribution in [0.15, 0.2) is 59.2 Å². The minimum atomic E-state index is -3.93. The van der Waals surface area contributed by atoms with Crippen LogP contribution in [-0.4, -0.2) is 101 Å². The van der Waals surface area contributed by atoms with E-state index in [1.807, 2.05) is 18.2 Å². The average molecular weight is 646 g/mol. The number of carbonyl (C=O) groups excluding carboxylic acids is 2. The number of ether oxygens (including phenoxy) is 5. The Kier molecular flexibility index (Phi) is 10.8. The van der Waals surface area contributed by atoms with Crippen molar-refractivity contribution in [2.75, 3.05) is 59.8 Å². The highest BCUT2D eigenvalue weighted by Gasteiger charge is 2.31. The molecule has 1 saturated heterocycles. The predicted octanol–water partition coefficient (Wildman–Crippen LogP) is 1.97. The van der Waals surface area contributed by atoms with E-state index in [-0.39, 0.29) is 55.6 Å². The summed E-state index contributed by atoms with van der Waals surface area (Å²) >= 11 is 0. The molecule has 244 valence electrons. The Balaban J connectivity index is 1.23. The Bertz CT molecular complexity index is 1480. The van der Waals surface area contributed by atoms with Crippen molar-refractivity contribution in [3.63, 3.8) is 0 Å². The third-order valence-corrected chi connectivity index (χ3v) is 9.77. The second-order valence-electron chi connectivity index (χ2n) is 10.8. The maximum absolute atomic E-state index is 13.3. The number of benzene rings is 2. The number of methoxy groups -OCH3 is 1. The van der Waals surface area contributed by atoms with Gasteiger partial charge in [-0.3, -0.25) is 9.59 Å². The summed E-state index contributed by atoms with van der Waals surface area (Å²) in [5.74, 6) is 1.32. The van der Waals surface area contributed by atoms with Gasteiger partial charge in [0.25, 0.3) is 5.91 Å². The van der Waals surface area contributed by atoms with Gasteiger partial charge in [0, 0.05) is 51.5 Å². The second kappa shape index (κ2) is 15.0. The number of amides is 2. The van der Waals surface area contributed by atoms with Crippen molar-refractivity contribution in [3.05, 3.63) is 59.9 Å². The molecule has 2 atom stereocenters. The van der Waals surface area contributed by atoms with Crippen LogP contribution in [-0.2, 0) is 29.1 Å². The van der Waals surface area contributed by atoms with Crippen molar-refractivity contribution < 1.29 is 46.8 Å². The SMILES string of the molecule is COc1ccc(S(=O)(=O)N(CCO)CCO[C@@H]2C[C@H](c3ccc4c(c3)OCO4)C=C(C(=O)NCCCN3CCCC3=O)O2)cc1. The molecular weight excluding hydrogens is 606 g/mol. The highest BCUT2D eigenvalue weighted by Crippen LogP contribution is 2.38. The van der Waals surface area contributed by atoms with E-state index in [0.29, 0.717) is 49.6 Å². The molecule has 3 aliphatic heterocycles. The molecule has 0 unspecified atom stereocenters. The molecule has 3 heterocycles. The van der Waals surface area contributed by atoms with Gasteiger partial charge in [0.2, 0.25) is 29.0 Å². The van der Waals surface area contributed by atoms with Crippen molar-refractivity contribution in [2.24, 2.45) is 0 Å².